The molecular formula is C17H13ClN2O2. The Bertz CT molecular complexity index is 857. The van der Waals surface area contributed by atoms with Gasteiger partial charge >= 0.3 is 6.01 Å². The lowest BCUT2D eigenvalue weighted by Crippen LogP contribution is -2.07. The third-order valence-electron chi connectivity index (χ3n) is 3.12. The molecule has 0 aliphatic rings. The van der Waals surface area contributed by atoms with E-state index in [1.807, 2.05) is 43.3 Å². The zero-order valence-corrected chi connectivity index (χ0v) is 12.6. The van der Waals surface area contributed by atoms with Gasteiger partial charge in [0.2, 0.25) is 0 Å². The van der Waals surface area contributed by atoms with Gasteiger partial charge in [0.05, 0.1) is 10.7 Å². The van der Waals surface area contributed by atoms with Crippen molar-refractivity contribution in [3.63, 3.8) is 0 Å². The van der Waals surface area contributed by atoms with Gasteiger partial charge in [0, 0.05) is 11.6 Å². The Morgan fingerprint density at radius 1 is 1.09 bits per heavy atom. The van der Waals surface area contributed by atoms with E-state index in [9.17, 15) is 4.79 Å². The van der Waals surface area contributed by atoms with Crippen LogP contribution in [0.25, 0.3) is 11.3 Å². The first kappa shape index (κ1) is 14.4. The molecule has 110 valence electrons. The summed E-state index contributed by atoms with van der Waals surface area (Å²) in [7, 11) is 0. The number of anilines is 2. The SMILES string of the molecule is Cc1ccc(-c2cc(=O)nc(Nc3ccccc3Cl)o2)cc1. The van der Waals surface area contributed by atoms with E-state index in [1.165, 1.54) is 6.07 Å². The van der Waals surface area contributed by atoms with Gasteiger partial charge in [-0.3, -0.25) is 4.79 Å². The average Bonchev–Trinajstić information content (AvgIpc) is 2.50. The predicted octanol–water partition coefficient (Wildman–Crippen LogP) is 4.41. The van der Waals surface area contributed by atoms with Crippen LogP contribution in [-0.2, 0) is 0 Å². The quantitative estimate of drug-likeness (QED) is 0.778. The van der Waals surface area contributed by atoms with Crippen molar-refractivity contribution in [2.24, 2.45) is 0 Å². The van der Waals surface area contributed by atoms with Crippen molar-refractivity contribution in [1.82, 2.24) is 4.98 Å². The van der Waals surface area contributed by atoms with E-state index in [2.05, 4.69) is 10.3 Å². The van der Waals surface area contributed by atoms with Crippen molar-refractivity contribution in [3.8, 4) is 11.3 Å². The van der Waals surface area contributed by atoms with Crippen LogP contribution in [0, 0.1) is 6.92 Å². The van der Waals surface area contributed by atoms with Crippen LogP contribution in [0.2, 0.25) is 5.02 Å². The molecule has 0 unspecified atom stereocenters. The lowest BCUT2D eigenvalue weighted by molar-refractivity contribution is 0.561. The number of para-hydroxylation sites is 1. The second-order valence-corrected chi connectivity index (χ2v) is 5.24. The topological polar surface area (TPSA) is 55.1 Å². The highest BCUT2D eigenvalue weighted by Gasteiger charge is 2.08. The molecule has 0 bridgehead atoms. The van der Waals surface area contributed by atoms with Crippen molar-refractivity contribution >= 4 is 23.3 Å². The van der Waals surface area contributed by atoms with Gasteiger partial charge in [-0.25, -0.2) is 0 Å². The van der Waals surface area contributed by atoms with Crippen LogP contribution in [0.15, 0.2) is 63.8 Å². The molecule has 0 spiro atoms. The van der Waals surface area contributed by atoms with E-state index in [1.54, 1.807) is 12.1 Å². The molecule has 0 fully saturated rings. The zero-order valence-electron chi connectivity index (χ0n) is 11.8. The van der Waals surface area contributed by atoms with Crippen LogP contribution < -0.4 is 10.9 Å². The van der Waals surface area contributed by atoms with E-state index < -0.39 is 0 Å². The molecule has 3 aromatic rings. The van der Waals surface area contributed by atoms with Crippen LogP contribution in [0.4, 0.5) is 11.7 Å². The van der Waals surface area contributed by atoms with Crippen LogP contribution in [0.5, 0.6) is 0 Å². The minimum Gasteiger partial charge on any atom is -0.425 e. The van der Waals surface area contributed by atoms with Gasteiger partial charge in [-0.15, -0.1) is 0 Å². The summed E-state index contributed by atoms with van der Waals surface area (Å²) < 4.78 is 5.66. The molecule has 1 heterocycles. The number of hydrogen-bond acceptors (Lipinski definition) is 4. The number of nitrogens with one attached hydrogen (secondary N) is 1. The number of rotatable bonds is 3. The van der Waals surface area contributed by atoms with Gasteiger partial charge in [0.25, 0.3) is 5.56 Å². The van der Waals surface area contributed by atoms with Crippen molar-refractivity contribution < 1.29 is 4.42 Å². The average molecular weight is 313 g/mol. The van der Waals surface area contributed by atoms with Crippen LogP contribution >= 0.6 is 11.6 Å². The molecule has 1 aromatic heterocycles. The highest BCUT2D eigenvalue weighted by Crippen LogP contribution is 2.26. The van der Waals surface area contributed by atoms with Gasteiger partial charge in [0.15, 0.2) is 0 Å². The Kier molecular flexibility index (Phi) is 3.94. The summed E-state index contributed by atoms with van der Waals surface area (Å²) in [4.78, 5) is 15.6. The molecule has 1 N–H and O–H groups in total. The molecule has 0 atom stereocenters. The monoisotopic (exact) mass is 312 g/mol. The Balaban J connectivity index is 1.98. The van der Waals surface area contributed by atoms with E-state index in [0.717, 1.165) is 11.1 Å². The van der Waals surface area contributed by atoms with Gasteiger partial charge < -0.3 is 9.73 Å². The fourth-order valence-electron chi connectivity index (χ4n) is 1.99. The molecule has 0 saturated carbocycles. The summed E-state index contributed by atoms with van der Waals surface area (Å²) >= 11 is 6.08. The van der Waals surface area contributed by atoms with Gasteiger partial charge in [-0.05, 0) is 19.1 Å². The van der Waals surface area contributed by atoms with Gasteiger partial charge in [-0.2, -0.15) is 4.98 Å². The third-order valence-corrected chi connectivity index (χ3v) is 3.45. The van der Waals surface area contributed by atoms with Crippen LogP contribution in [0.1, 0.15) is 5.56 Å². The largest absolute Gasteiger partial charge is 0.425 e. The lowest BCUT2D eigenvalue weighted by Gasteiger charge is -2.07. The lowest BCUT2D eigenvalue weighted by atomic mass is 10.1. The minimum atomic E-state index is -0.378. The molecule has 0 saturated heterocycles. The summed E-state index contributed by atoms with van der Waals surface area (Å²) in [6.45, 7) is 2.00. The second kappa shape index (κ2) is 6.03. The number of aryl methyl sites for hydroxylation is 1. The maximum absolute atomic E-state index is 11.8. The molecule has 5 heteroatoms. The molecule has 0 aliphatic carbocycles. The van der Waals surface area contributed by atoms with Gasteiger partial charge in [-0.1, -0.05) is 53.6 Å². The summed E-state index contributed by atoms with van der Waals surface area (Å²) in [5, 5.41) is 3.45. The highest BCUT2D eigenvalue weighted by atomic mass is 35.5. The second-order valence-electron chi connectivity index (χ2n) is 4.84. The maximum Gasteiger partial charge on any atom is 0.303 e. The number of aromatic nitrogens is 1. The third kappa shape index (κ3) is 3.18. The standard InChI is InChI=1S/C17H13ClN2O2/c1-11-6-8-12(9-7-11)15-10-16(21)20-17(22-15)19-14-5-3-2-4-13(14)18/h2-10H,1H3,(H,19,20,21). The van der Waals surface area contributed by atoms with Crippen LogP contribution in [0.3, 0.4) is 0 Å². The highest BCUT2D eigenvalue weighted by molar-refractivity contribution is 6.33. The smallest absolute Gasteiger partial charge is 0.303 e. The van der Waals surface area contributed by atoms with Crippen molar-refractivity contribution in [2.45, 2.75) is 6.92 Å². The fourth-order valence-corrected chi connectivity index (χ4v) is 2.18. The van der Waals surface area contributed by atoms with Crippen molar-refractivity contribution in [2.75, 3.05) is 5.32 Å². The summed E-state index contributed by atoms with van der Waals surface area (Å²) in [5.41, 5.74) is 2.19. The van der Waals surface area contributed by atoms with E-state index >= 15 is 0 Å². The molecule has 0 amide bonds. The molecular weight excluding hydrogens is 300 g/mol. The number of nitrogens with zero attached hydrogens (tertiary/aromatic N) is 1. The van der Waals surface area contributed by atoms with Gasteiger partial charge in [0.1, 0.15) is 5.76 Å². The Morgan fingerprint density at radius 2 is 1.82 bits per heavy atom. The minimum absolute atomic E-state index is 0.108. The maximum atomic E-state index is 11.8. The number of benzene rings is 2. The number of hydrogen-bond donors (Lipinski definition) is 1. The van der Waals surface area contributed by atoms with E-state index in [0.29, 0.717) is 16.5 Å². The summed E-state index contributed by atoms with van der Waals surface area (Å²) in [6, 6.07) is 16.3. The molecule has 4 nitrogen and oxygen atoms in total. The first-order valence-corrected chi connectivity index (χ1v) is 7.10. The first-order valence-electron chi connectivity index (χ1n) is 6.72. The fraction of sp³-hybridized carbons (Fsp3) is 0.0588. The van der Waals surface area contributed by atoms with E-state index in [4.69, 9.17) is 16.0 Å². The molecule has 0 radical (unpaired) electrons. The van der Waals surface area contributed by atoms with E-state index in [-0.39, 0.29) is 11.6 Å². The zero-order chi connectivity index (χ0) is 15.5. The molecule has 2 aromatic carbocycles. The Labute approximate surface area is 132 Å². The summed E-state index contributed by atoms with van der Waals surface area (Å²) in [5.74, 6) is 0.453. The van der Waals surface area contributed by atoms with Crippen LogP contribution in [-0.4, -0.2) is 4.98 Å². The molecule has 22 heavy (non-hydrogen) atoms. The molecule has 3 rings (SSSR count). The Hall–Kier alpha value is -2.59. The summed E-state index contributed by atoms with van der Waals surface area (Å²) in [6.07, 6.45) is 0. The predicted molar refractivity (Wildman–Crippen MR) is 87.7 cm³/mol. The normalized spacial score (nSPS) is 10.5. The Morgan fingerprint density at radius 3 is 2.55 bits per heavy atom. The van der Waals surface area contributed by atoms with Crippen molar-refractivity contribution in [3.05, 3.63) is 75.5 Å². The molecule has 0 aliphatic heterocycles. The number of halogens is 1. The van der Waals surface area contributed by atoms with Crippen molar-refractivity contribution in [1.29, 1.82) is 0 Å². The first-order chi connectivity index (χ1) is 10.6.